The lowest BCUT2D eigenvalue weighted by atomic mass is 9.93. The van der Waals surface area contributed by atoms with E-state index in [-0.39, 0.29) is 5.91 Å². The van der Waals surface area contributed by atoms with Crippen molar-refractivity contribution in [2.24, 2.45) is 11.7 Å². The molecule has 1 aromatic rings. The average molecular weight is 301 g/mol. The molecule has 0 unspecified atom stereocenters. The van der Waals surface area contributed by atoms with Crippen molar-refractivity contribution in [3.8, 4) is 0 Å². The van der Waals surface area contributed by atoms with Gasteiger partial charge in [-0.2, -0.15) is 0 Å². The minimum absolute atomic E-state index is 0.0290. The third-order valence-electron chi connectivity index (χ3n) is 3.64. The van der Waals surface area contributed by atoms with E-state index in [0.717, 1.165) is 38.9 Å². The lowest BCUT2D eigenvalue weighted by molar-refractivity contribution is 0.0688. The highest BCUT2D eigenvalue weighted by atomic mass is 35.5. The van der Waals surface area contributed by atoms with E-state index >= 15 is 0 Å². The molecule has 1 heterocycles. The van der Waals surface area contributed by atoms with Gasteiger partial charge in [-0.15, -0.1) is 0 Å². The van der Waals surface area contributed by atoms with Gasteiger partial charge in [0.25, 0.3) is 5.91 Å². The van der Waals surface area contributed by atoms with Crippen LogP contribution >= 0.6 is 23.2 Å². The van der Waals surface area contributed by atoms with Crippen molar-refractivity contribution >= 4 is 29.1 Å². The lowest BCUT2D eigenvalue weighted by Gasteiger charge is -2.32. The van der Waals surface area contributed by atoms with Crippen molar-refractivity contribution in [1.29, 1.82) is 0 Å². The molecule has 0 bridgehead atoms. The number of halogens is 2. The quantitative estimate of drug-likeness (QED) is 0.932. The number of carbonyl (C=O) groups excluding carboxylic acids is 1. The summed E-state index contributed by atoms with van der Waals surface area (Å²) in [4.78, 5) is 14.2. The Balaban J connectivity index is 2.03. The van der Waals surface area contributed by atoms with Crippen LogP contribution in [-0.4, -0.2) is 30.4 Å². The van der Waals surface area contributed by atoms with Crippen LogP contribution in [0.2, 0.25) is 10.0 Å². The molecule has 0 aromatic heterocycles. The van der Waals surface area contributed by atoms with E-state index in [1.807, 2.05) is 4.90 Å². The van der Waals surface area contributed by atoms with Gasteiger partial charge in [-0.25, -0.2) is 0 Å². The predicted octanol–water partition coefficient (Wildman–Crippen LogP) is 3.19. The molecule has 1 aromatic carbocycles. The van der Waals surface area contributed by atoms with Gasteiger partial charge in [-0.1, -0.05) is 23.2 Å². The maximum Gasteiger partial charge on any atom is 0.255 e. The molecule has 3 nitrogen and oxygen atoms in total. The fourth-order valence-electron chi connectivity index (χ4n) is 2.49. The summed E-state index contributed by atoms with van der Waals surface area (Å²) >= 11 is 12.0. The largest absolute Gasteiger partial charge is 0.339 e. The van der Waals surface area contributed by atoms with Crippen LogP contribution < -0.4 is 5.73 Å². The molecule has 1 aliphatic heterocycles. The van der Waals surface area contributed by atoms with Crippen LogP contribution in [0.15, 0.2) is 18.2 Å². The second kappa shape index (κ2) is 6.60. The number of piperidine rings is 1. The Hall–Kier alpha value is -0.770. The Kier molecular flexibility index (Phi) is 5.08. The number of benzene rings is 1. The van der Waals surface area contributed by atoms with Gasteiger partial charge in [0, 0.05) is 18.1 Å². The number of carbonyl (C=O) groups is 1. The van der Waals surface area contributed by atoms with E-state index in [1.165, 1.54) is 0 Å². The molecule has 0 spiro atoms. The van der Waals surface area contributed by atoms with Gasteiger partial charge in [-0.05, 0) is 49.9 Å². The zero-order valence-corrected chi connectivity index (χ0v) is 12.3. The minimum Gasteiger partial charge on any atom is -0.339 e. The van der Waals surface area contributed by atoms with Crippen LogP contribution in [0.4, 0.5) is 0 Å². The van der Waals surface area contributed by atoms with Crippen LogP contribution in [0.5, 0.6) is 0 Å². The number of nitrogens with zero attached hydrogens (tertiary/aromatic N) is 1. The molecule has 1 aliphatic rings. The molecular formula is C14H18Cl2N2O. The van der Waals surface area contributed by atoms with Crippen molar-refractivity contribution in [1.82, 2.24) is 4.90 Å². The number of amides is 1. The summed E-state index contributed by atoms with van der Waals surface area (Å²) in [7, 11) is 0. The highest BCUT2D eigenvalue weighted by Crippen LogP contribution is 2.25. The van der Waals surface area contributed by atoms with Gasteiger partial charge in [0.15, 0.2) is 0 Å². The Labute approximate surface area is 123 Å². The Morgan fingerprint density at radius 3 is 2.63 bits per heavy atom. The molecule has 2 rings (SSSR count). The SMILES string of the molecule is NCCC1CCN(C(=O)c2cc(Cl)ccc2Cl)CC1. The molecule has 0 radical (unpaired) electrons. The molecule has 1 saturated heterocycles. The standard InChI is InChI=1S/C14H18Cl2N2O/c15-11-1-2-13(16)12(9-11)14(19)18-7-4-10(3-6-17)5-8-18/h1-2,9-10H,3-8,17H2. The topological polar surface area (TPSA) is 46.3 Å². The van der Waals surface area contributed by atoms with Gasteiger partial charge >= 0.3 is 0 Å². The molecule has 104 valence electrons. The maximum atomic E-state index is 12.4. The van der Waals surface area contributed by atoms with E-state index in [2.05, 4.69) is 0 Å². The third kappa shape index (κ3) is 3.62. The summed E-state index contributed by atoms with van der Waals surface area (Å²) in [6, 6.07) is 4.99. The Bertz CT molecular complexity index is 457. The number of nitrogens with two attached hydrogens (primary N) is 1. The molecule has 19 heavy (non-hydrogen) atoms. The fraction of sp³-hybridized carbons (Fsp3) is 0.500. The predicted molar refractivity (Wildman–Crippen MR) is 78.8 cm³/mol. The minimum atomic E-state index is -0.0290. The smallest absolute Gasteiger partial charge is 0.255 e. The summed E-state index contributed by atoms with van der Waals surface area (Å²) in [5, 5.41) is 0.990. The number of hydrogen-bond donors (Lipinski definition) is 1. The van der Waals surface area contributed by atoms with Gasteiger partial charge in [0.1, 0.15) is 0 Å². The molecule has 0 aliphatic carbocycles. The molecule has 1 fully saturated rings. The first-order valence-electron chi connectivity index (χ1n) is 6.56. The van der Waals surface area contributed by atoms with Crippen LogP contribution in [0.25, 0.3) is 0 Å². The monoisotopic (exact) mass is 300 g/mol. The highest BCUT2D eigenvalue weighted by molar-refractivity contribution is 6.35. The summed E-state index contributed by atoms with van der Waals surface area (Å²) in [6.45, 7) is 2.26. The van der Waals surface area contributed by atoms with E-state index in [4.69, 9.17) is 28.9 Å². The van der Waals surface area contributed by atoms with Crippen molar-refractivity contribution in [2.75, 3.05) is 19.6 Å². The molecule has 2 N–H and O–H groups in total. The molecule has 1 amide bonds. The van der Waals surface area contributed by atoms with Crippen LogP contribution in [0.1, 0.15) is 29.6 Å². The van der Waals surface area contributed by atoms with Crippen LogP contribution in [-0.2, 0) is 0 Å². The zero-order valence-electron chi connectivity index (χ0n) is 10.7. The van der Waals surface area contributed by atoms with Gasteiger partial charge in [0.05, 0.1) is 10.6 Å². The Morgan fingerprint density at radius 2 is 2.00 bits per heavy atom. The number of rotatable bonds is 3. The highest BCUT2D eigenvalue weighted by Gasteiger charge is 2.24. The first kappa shape index (κ1) is 14.6. The van der Waals surface area contributed by atoms with E-state index in [9.17, 15) is 4.79 Å². The number of likely N-dealkylation sites (tertiary alicyclic amines) is 1. The molecule has 0 saturated carbocycles. The van der Waals surface area contributed by atoms with Crippen molar-refractivity contribution in [2.45, 2.75) is 19.3 Å². The first-order valence-corrected chi connectivity index (χ1v) is 7.32. The summed E-state index contributed by atoms with van der Waals surface area (Å²) in [5.41, 5.74) is 6.06. The van der Waals surface area contributed by atoms with Gasteiger partial charge < -0.3 is 10.6 Å². The van der Waals surface area contributed by atoms with E-state index < -0.39 is 0 Å². The second-order valence-electron chi connectivity index (χ2n) is 4.94. The summed E-state index contributed by atoms with van der Waals surface area (Å²) in [5.74, 6) is 0.614. The van der Waals surface area contributed by atoms with Crippen molar-refractivity contribution in [3.05, 3.63) is 33.8 Å². The van der Waals surface area contributed by atoms with Crippen molar-refractivity contribution < 1.29 is 4.79 Å². The van der Waals surface area contributed by atoms with Crippen molar-refractivity contribution in [3.63, 3.8) is 0 Å². The summed E-state index contributed by atoms with van der Waals surface area (Å²) < 4.78 is 0. The molecular weight excluding hydrogens is 283 g/mol. The third-order valence-corrected chi connectivity index (χ3v) is 4.20. The molecule has 5 heteroatoms. The van der Waals surface area contributed by atoms with Crippen LogP contribution in [0, 0.1) is 5.92 Å². The zero-order chi connectivity index (χ0) is 13.8. The van der Waals surface area contributed by atoms with E-state index in [1.54, 1.807) is 18.2 Å². The summed E-state index contributed by atoms with van der Waals surface area (Å²) in [6.07, 6.45) is 3.07. The van der Waals surface area contributed by atoms with Crippen LogP contribution in [0.3, 0.4) is 0 Å². The average Bonchev–Trinajstić information content (AvgIpc) is 2.42. The first-order chi connectivity index (χ1) is 9.11. The number of hydrogen-bond acceptors (Lipinski definition) is 2. The fourth-order valence-corrected chi connectivity index (χ4v) is 2.86. The second-order valence-corrected chi connectivity index (χ2v) is 5.78. The van der Waals surface area contributed by atoms with Gasteiger partial charge in [-0.3, -0.25) is 4.79 Å². The normalized spacial score (nSPS) is 16.7. The lowest BCUT2D eigenvalue weighted by Crippen LogP contribution is -2.39. The molecule has 0 atom stereocenters. The Morgan fingerprint density at radius 1 is 1.32 bits per heavy atom. The van der Waals surface area contributed by atoms with E-state index in [0.29, 0.717) is 21.5 Å². The maximum absolute atomic E-state index is 12.4. The van der Waals surface area contributed by atoms with Gasteiger partial charge in [0.2, 0.25) is 0 Å².